The van der Waals surface area contributed by atoms with Crippen LogP contribution in [0.25, 0.3) is 0 Å². The fraction of sp³-hybridized carbons (Fsp3) is 0.700. The molecule has 0 fully saturated rings. The summed E-state index contributed by atoms with van der Waals surface area (Å²) in [6.45, 7) is 6.91. The highest BCUT2D eigenvalue weighted by atomic mass is 32.1. The van der Waals surface area contributed by atoms with E-state index in [0.29, 0.717) is 6.54 Å². The molecule has 1 aromatic heterocycles. The molecule has 1 unspecified atom stereocenters. The van der Waals surface area contributed by atoms with Crippen LogP contribution in [-0.4, -0.2) is 33.5 Å². The van der Waals surface area contributed by atoms with Gasteiger partial charge in [0.25, 0.3) is 0 Å². The van der Waals surface area contributed by atoms with Crippen molar-refractivity contribution in [2.45, 2.75) is 27.2 Å². The predicted octanol–water partition coefficient (Wildman–Crippen LogP) is 1.65. The quantitative estimate of drug-likeness (QED) is 0.823. The van der Waals surface area contributed by atoms with Crippen LogP contribution >= 0.6 is 11.5 Å². The smallest absolute Gasteiger partial charge is 0.308 e. The number of aryl methyl sites for hydroxylation is 1. The van der Waals surface area contributed by atoms with E-state index in [1.54, 1.807) is 6.92 Å². The van der Waals surface area contributed by atoms with Gasteiger partial charge in [-0.25, -0.2) is 4.98 Å². The van der Waals surface area contributed by atoms with Gasteiger partial charge in [0.1, 0.15) is 5.82 Å². The van der Waals surface area contributed by atoms with Crippen LogP contribution in [0.5, 0.6) is 0 Å². The molecule has 90 valence electrons. The van der Waals surface area contributed by atoms with Crippen molar-refractivity contribution in [2.75, 3.05) is 18.0 Å². The number of hydrogen-bond acceptors (Lipinski definition) is 5. The van der Waals surface area contributed by atoms with E-state index in [0.717, 1.165) is 23.9 Å². The summed E-state index contributed by atoms with van der Waals surface area (Å²) in [6, 6.07) is 0. The third-order valence-corrected chi connectivity index (χ3v) is 3.16. The topological polar surface area (TPSA) is 66.3 Å². The first-order valence-electron chi connectivity index (χ1n) is 5.38. The summed E-state index contributed by atoms with van der Waals surface area (Å²) in [5.74, 6) is -0.353. The van der Waals surface area contributed by atoms with Crippen molar-refractivity contribution in [2.24, 2.45) is 5.92 Å². The third kappa shape index (κ3) is 3.16. The lowest BCUT2D eigenvalue weighted by atomic mass is 10.2. The number of carbonyl (C=O) groups is 1. The Hall–Kier alpha value is -1.17. The Morgan fingerprint density at radius 3 is 2.69 bits per heavy atom. The lowest BCUT2D eigenvalue weighted by Crippen LogP contribution is -2.31. The first-order valence-corrected chi connectivity index (χ1v) is 6.16. The molecule has 0 aromatic carbocycles. The van der Waals surface area contributed by atoms with E-state index < -0.39 is 11.9 Å². The predicted molar refractivity (Wildman–Crippen MR) is 64.0 cm³/mol. The lowest BCUT2D eigenvalue weighted by molar-refractivity contribution is -0.140. The normalized spacial score (nSPS) is 12.4. The van der Waals surface area contributed by atoms with Crippen molar-refractivity contribution in [1.29, 1.82) is 0 Å². The zero-order valence-corrected chi connectivity index (χ0v) is 10.6. The van der Waals surface area contributed by atoms with Gasteiger partial charge in [-0.3, -0.25) is 4.79 Å². The molecule has 1 N–H and O–H groups in total. The largest absolute Gasteiger partial charge is 0.481 e. The summed E-state index contributed by atoms with van der Waals surface area (Å²) in [7, 11) is 0. The van der Waals surface area contributed by atoms with Gasteiger partial charge < -0.3 is 10.0 Å². The minimum Gasteiger partial charge on any atom is -0.481 e. The number of carboxylic acid groups (broad SMARTS) is 1. The van der Waals surface area contributed by atoms with E-state index in [-0.39, 0.29) is 0 Å². The second kappa shape index (κ2) is 5.79. The maximum Gasteiger partial charge on any atom is 0.308 e. The highest BCUT2D eigenvalue weighted by Crippen LogP contribution is 2.18. The van der Waals surface area contributed by atoms with Gasteiger partial charge in [0.05, 0.1) is 5.92 Å². The number of aliphatic carboxylic acids is 1. The molecule has 0 aliphatic heterocycles. The van der Waals surface area contributed by atoms with Crippen LogP contribution in [-0.2, 0) is 11.2 Å². The summed E-state index contributed by atoms with van der Waals surface area (Å²) in [6.07, 6.45) is 0.808. The lowest BCUT2D eigenvalue weighted by Gasteiger charge is -2.21. The number of anilines is 1. The van der Waals surface area contributed by atoms with Gasteiger partial charge in [0, 0.05) is 31.0 Å². The molecule has 0 bridgehead atoms. The Morgan fingerprint density at radius 1 is 1.56 bits per heavy atom. The molecular weight excluding hydrogens is 226 g/mol. The molecule has 0 spiro atoms. The summed E-state index contributed by atoms with van der Waals surface area (Å²) in [5, 5.41) is 9.68. The van der Waals surface area contributed by atoms with Crippen molar-refractivity contribution in [3.63, 3.8) is 0 Å². The molecule has 1 aromatic rings. The summed E-state index contributed by atoms with van der Waals surface area (Å²) in [5.41, 5.74) is 0. The van der Waals surface area contributed by atoms with Crippen LogP contribution in [0.3, 0.4) is 0 Å². The fourth-order valence-corrected chi connectivity index (χ4v) is 2.09. The van der Waals surface area contributed by atoms with Crippen molar-refractivity contribution < 1.29 is 9.90 Å². The maximum atomic E-state index is 10.8. The van der Waals surface area contributed by atoms with E-state index in [9.17, 15) is 4.79 Å². The maximum absolute atomic E-state index is 10.8. The number of nitrogens with zero attached hydrogens (tertiary/aromatic N) is 3. The van der Waals surface area contributed by atoms with Gasteiger partial charge in [-0.1, -0.05) is 13.8 Å². The van der Waals surface area contributed by atoms with Gasteiger partial charge in [-0.15, -0.1) is 0 Å². The zero-order chi connectivity index (χ0) is 12.1. The van der Waals surface area contributed by atoms with Gasteiger partial charge in [0.15, 0.2) is 0 Å². The van der Waals surface area contributed by atoms with Crippen molar-refractivity contribution in [3.05, 3.63) is 5.82 Å². The Kier molecular flexibility index (Phi) is 4.67. The molecule has 1 heterocycles. The Labute approximate surface area is 99.3 Å². The minimum atomic E-state index is -0.779. The molecule has 1 rings (SSSR count). The Balaban J connectivity index is 2.70. The first-order chi connectivity index (χ1) is 7.58. The second-order valence-corrected chi connectivity index (χ2v) is 4.35. The number of carboxylic acids is 1. The molecule has 0 aliphatic carbocycles. The highest BCUT2D eigenvalue weighted by Gasteiger charge is 2.17. The Morgan fingerprint density at radius 2 is 2.25 bits per heavy atom. The van der Waals surface area contributed by atoms with Gasteiger partial charge in [-0.2, -0.15) is 4.37 Å². The van der Waals surface area contributed by atoms with Crippen LogP contribution < -0.4 is 4.90 Å². The average Bonchev–Trinajstić information content (AvgIpc) is 2.73. The molecule has 1 atom stereocenters. The minimum absolute atomic E-state index is 0.395. The molecule has 0 radical (unpaired) electrons. The molecule has 0 amide bonds. The molecule has 5 nitrogen and oxygen atoms in total. The van der Waals surface area contributed by atoms with E-state index in [4.69, 9.17) is 5.11 Å². The van der Waals surface area contributed by atoms with Gasteiger partial charge in [0.2, 0.25) is 5.13 Å². The molecule has 0 aliphatic rings. The van der Waals surface area contributed by atoms with Crippen LogP contribution in [0.4, 0.5) is 5.13 Å². The number of aromatic nitrogens is 2. The van der Waals surface area contributed by atoms with E-state index in [1.807, 2.05) is 18.7 Å². The number of rotatable bonds is 6. The van der Waals surface area contributed by atoms with E-state index in [2.05, 4.69) is 9.36 Å². The van der Waals surface area contributed by atoms with Gasteiger partial charge in [-0.05, 0) is 6.92 Å². The first kappa shape index (κ1) is 12.9. The standard InChI is InChI=1S/C10H17N3O2S/c1-4-8-11-10(16-12-8)13(5-2)6-7(3)9(14)15/h7H,4-6H2,1-3H3,(H,14,15). The van der Waals surface area contributed by atoms with E-state index >= 15 is 0 Å². The molecular formula is C10H17N3O2S. The number of hydrogen-bond donors (Lipinski definition) is 1. The third-order valence-electron chi connectivity index (χ3n) is 2.34. The van der Waals surface area contributed by atoms with Crippen molar-refractivity contribution in [3.8, 4) is 0 Å². The average molecular weight is 243 g/mol. The van der Waals surface area contributed by atoms with Crippen LogP contribution in [0.1, 0.15) is 26.6 Å². The van der Waals surface area contributed by atoms with E-state index in [1.165, 1.54) is 11.5 Å². The van der Waals surface area contributed by atoms with Crippen LogP contribution in [0.15, 0.2) is 0 Å². The monoisotopic (exact) mass is 243 g/mol. The van der Waals surface area contributed by atoms with Crippen molar-refractivity contribution >= 4 is 22.6 Å². The molecule has 6 heteroatoms. The Bertz CT molecular complexity index is 354. The highest BCUT2D eigenvalue weighted by molar-refractivity contribution is 7.09. The summed E-state index contributed by atoms with van der Waals surface area (Å²) in [4.78, 5) is 17.1. The van der Waals surface area contributed by atoms with Crippen LogP contribution in [0.2, 0.25) is 0 Å². The summed E-state index contributed by atoms with van der Waals surface area (Å²) < 4.78 is 4.20. The molecule has 0 saturated carbocycles. The van der Waals surface area contributed by atoms with Crippen LogP contribution in [0, 0.1) is 5.92 Å². The molecule has 16 heavy (non-hydrogen) atoms. The summed E-state index contributed by atoms with van der Waals surface area (Å²) >= 11 is 1.33. The van der Waals surface area contributed by atoms with Gasteiger partial charge >= 0.3 is 5.97 Å². The second-order valence-electron chi connectivity index (χ2n) is 3.62. The SMILES string of the molecule is CCc1nsc(N(CC)CC(C)C(=O)O)n1. The zero-order valence-electron chi connectivity index (χ0n) is 9.80. The van der Waals surface area contributed by atoms with Crippen molar-refractivity contribution in [1.82, 2.24) is 9.36 Å². The fourth-order valence-electron chi connectivity index (χ4n) is 1.27. The molecule has 0 saturated heterocycles.